The van der Waals surface area contributed by atoms with E-state index in [-0.39, 0.29) is 39.7 Å². The lowest BCUT2D eigenvalue weighted by Gasteiger charge is -2.13. The number of aromatic nitrogens is 2. The maximum absolute atomic E-state index is 13.9. The van der Waals surface area contributed by atoms with E-state index in [1.165, 1.54) is 17.0 Å². The van der Waals surface area contributed by atoms with E-state index in [1.807, 2.05) is 19.9 Å². The standard InChI is InChI=1S/C25H19BrCl2FN3O2/c1-14(2)24-31-22-8-7-17(26)11-18(22)25(33)32(24)30-12-15-9-19(27)23(20(28)10-15)34-13-16-5-3-4-6-21(16)29/h3-12,14H,13H2,1-2H3. The van der Waals surface area contributed by atoms with E-state index in [4.69, 9.17) is 27.9 Å². The first kappa shape index (κ1) is 24.4. The molecule has 4 aromatic rings. The molecule has 174 valence electrons. The van der Waals surface area contributed by atoms with Gasteiger partial charge >= 0.3 is 0 Å². The Labute approximate surface area is 213 Å². The number of rotatable bonds is 6. The molecule has 0 spiro atoms. The van der Waals surface area contributed by atoms with Crippen molar-refractivity contribution in [2.75, 3.05) is 0 Å². The van der Waals surface area contributed by atoms with E-state index in [9.17, 15) is 9.18 Å². The smallest absolute Gasteiger partial charge is 0.282 e. The number of ether oxygens (including phenoxy) is 1. The second-order valence-corrected chi connectivity index (χ2v) is 9.57. The van der Waals surface area contributed by atoms with Gasteiger partial charge in [0, 0.05) is 16.0 Å². The Morgan fingerprint density at radius 3 is 2.53 bits per heavy atom. The zero-order valence-electron chi connectivity index (χ0n) is 18.2. The third kappa shape index (κ3) is 5.17. The minimum Gasteiger partial charge on any atom is -0.486 e. The van der Waals surface area contributed by atoms with E-state index >= 15 is 0 Å². The van der Waals surface area contributed by atoms with Crippen LogP contribution in [0.25, 0.3) is 10.9 Å². The molecule has 9 heteroatoms. The Hall–Kier alpha value is -2.74. The zero-order chi connectivity index (χ0) is 24.4. The van der Waals surface area contributed by atoms with Gasteiger partial charge in [-0.1, -0.05) is 71.2 Å². The van der Waals surface area contributed by atoms with Gasteiger partial charge in [0.25, 0.3) is 5.56 Å². The van der Waals surface area contributed by atoms with Crippen LogP contribution in [0.2, 0.25) is 10.0 Å². The number of halogens is 4. The van der Waals surface area contributed by atoms with E-state index < -0.39 is 0 Å². The molecule has 0 atom stereocenters. The van der Waals surface area contributed by atoms with Crippen LogP contribution in [0.5, 0.6) is 5.75 Å². The molecule has 3 aromatic carbocycles. The van der Waals surface area contributed by atoms with Crippen LogP contribution in [-0.2, 0) is 6.61 Å². The first-order valence-corrected chi connectivity index (χ1v) is 11.9. The quantitative estimate of drug-likeness (QED) is 0.234. The fourth-order valence-electron chi connectivity index (χ4n) is 3.33. The van der Waals surface area contributed by atoms with Crippen molar-refractivity contribution in [2.24, 2.45) is 5.10 Å². The molecular formula is C25H19BrCl2FN3O2. The Kier molecular flexibility index (Phi) is 7.36. The van der Waals surface area contributed by atoms with Crippen LogP contribution < -0.4 is 10.3 Å². The molecule has 34 heavy (non-hydrogen) atoms. The summed E-state index contributed by atoms with van der Waals surface area (Å²) in [6, 6.07) is 14.9. The third-order valence-electron chi connectivity index (χ3n) is 5.02. The van der Waals surface area contributed by atoms with Crippen LogP contribution in [0.4, 0.5) is 4.39 Å². The molecule has 0 N–H and O–H groups in total. The second kappa shape index (κ2) is 10.3. The van der Waals surface area contributed by atoms with Crippen LogP contribution in [0.1, 0.15) is 36.7 Å². The average molecular weight is 563 g/mol. The molecule has 1 aromatic heterocycles. The summed E-state index contributed by atoms with van der Waals surface area (Å²) in [6.07, 6.45) is 1.48. The van der Waals surface area contributed by atoms with Crippen molar-refractivity contribution in [3.05, 3.63) is 102 Å². The number of hydrogen-bond acceptors (Lipinski definition) is 4. The molecule has 5 nitrogen and oxygen atoms in total. The largest absolute Gasteiger partial charge is 0.486 e. The highest BCUT2D eigenvalue weighted by molar-refractivity contribution is 9.10. The average Bonchev–Trinajstić information content (AvgIpc) is 2.79. The van der Waals surface area contributed by atoms with Gasteiger partial charge in [-0.25, -0.2) is 9.37 Å². The van der Waals surface area contributed by atoms with Crippen molar-refractivity contribution in [3.8, 4) is 5.75 Å². The Bertz CT molecular complexity index is 1450. The van der Waals surface area contributed by atoms with Gasteiger partial charge in [-0.3, -0.25) is 4.79 Å². The van der Waals surface area contributed by atoms with E-state index in [1.54, 1.807) is 42.5 Å². The Morgan fingerprint density at radius 1 is 1.15 bits per heavy atom. The first-order chi connectivity index (χ1) is 16.2. The molecule has 0 aliphatic heterocycles. The normalized spacial score (nSPS) is 11.6. The van der Waals surface area contributed by atoms with Gasteiger partial charge in [-0.05, 0) is 42.0 Å². The molecule has 0 amide bonds. The van der Waals surface area contributed by atoms with E-state index in [0.717, 1.165) is 4.47 Å². The minimum absolute atomic E-state index is 0.0228. The molecule has 0 aliphatic rings. The predicted octanol–water partition coefficient (Wildman–Crippen LogP) is 7.19. The van der Waals surface area contributed by atoms with Crippen LogP contribution in [0.3, 0.4) is 0 Å². The summed E-state index contributed by atoms with van der Waals surface area (Å²) in [4.78, 5) is 17.8. The molecule has 0 saturated carbocycles. The SMILES string of the molecule is CC(C)c1nc2ccc(Br)cc2c(=O)n1N=Cc1cc(Cl)c(OCc2ccccc2F)c(Cl)c1. The summed E-state index contributed by atoms with van der Waals surface area (Å²) in [7, 11) is 0. The summed E-state index contributed by atoms with van der Waals surface area (Å²) >= 11 is 16.2. The molecule has 0 unspecified atom stereocenters. The number of benzene rings is 3. The van der Waals surface area contributed by atoms with E-state index in [2.05, 4.69) is 26.0 Å². The van der Waals surface area contributed by atoms with Gasteiger partial charge in [0.1, 0.15) is 18.2 Å². The second-order valence-electron chi connectivity index (χ2n) is 7.84. The van der Waals surface area contributed by atoms with Crippen molar-refractivity contribution >= 4 is 56.2 Å². The topological polar surface area (TPSA) is 56.5 Å². The fourth-order valence-corrected chi connectivity index (χ4v) is 4.31. The van der Waals surface area contributed by atoms with Crippen molar-refractivity contribution in [1.29, 1.82) is 0 Å². The van der Waals surface area contributed by atoms with Crippen LogP contribution in [0.15, 0.2) is 69.0 Å². The minimum atomic E-state index is -0.374. The number of fused-ring (bicyclic) bond motifs is 1. The van der Waals surface area contributed by atoms with Crippen LogP contribution in [-0.4, -0.2) is 15.9 Å². The summed E-state index contributed by atoms with van der Waals surface area (Å²) in [5, 5.41) is 5.31. The summed E-state index contributed by atoms with van der Waals surface area (Å²) in [6.45, 7) is 3.85. The molecule has 0 aliphatic carbocycles. The highest BCUT2D eigenvalue weighted by Crippen LogP contribution is 2.34. The van der Waals surface area contributed by atoms with Crippen molar-refractivity contribution < 1.29 is 9.13 Å². The number of hydrogen-bond donors (Lipinski definition) is 0. The van der Waals surface area contributed by atoms with Crippen LogP contribution in [0, 0.1) is 5.82 Å². The lowest BCUT2D eigenvalue weighted by Crippen LogP contribution is -2.23. The third-order valence-corrected chi connectivity index (χ3v) is 6.08. The fraction of sp³-hybridized carbons (Fsp3) is 0.160. The molecular weight excluding hydrogens is 544 g/mol. The van der Waals surface area contributed by atoms with Crippen molar-refractivity contribution in [3.63, 3.8) is 0 Å². The van der Waals surface area contributed by atoms with Gasteiger partial charge in [0.05, 0.1) is 27.2 Å². The van der Waals surface area contributed by atoms with Gasteiger partial charge in [0.15, 0.2) is 5.75 Å². The molecule has 1 heterocycles. The van der Waals surface area contributed by atoms with Gasteiger partial charge < -0.3 is 4.74 Å². The Morgan fingerprint density at radius 2 is 1.85 bits per heavy atom. The van der Waals surface area contributed by atoms with Crippen molar-refractivity contribution in [2.45, 2.75) is 26.4 Å². The van der Waals surface area contributed by atoms with Gasteiger partial charge in [0.2, 0.25) is 0 Å². The summed E-state index contributed by atoms with van der Waals surface area (Å²) in [5.74, 6) is 0.347. The summed E-state index contributed by atoms with van der Waals surface area (Å²) in [5.41, 5.74) is 1.26. The Balaban J connectivity index is 1.66. The number of nitrogens with zero attached hydrogens (tertiary/aromatic N) is 3. The molecule has 0 saturated heterocycles. The lowest BCUT2D eigenvalue weighted by molar-refractivity contribution is 0.300. The highest BCUT2D eigenvalue weighted by atomic mass is 79.9. The molecule has 0 bridgehead atoms. The van der Waals surface area contributed by atoms with Crippen molar-refractivity contribution in [1.82, 2.24) is 9.66 Å². The summed E-state index contributed by atoms with van der Waals surface area (Å²) < 4.78 is 21.6. The molecule has 0 fully saturated rings. The first-order valence-electron chi connectivity index (χ1n) is 10.4. The predicted molar refractivity (Wildman–Crippen MR) is 138 cm³/mol. The van der Waals surface area contributed by atoms with Gasteiger partial charge in [-0.15, -0.1) is 0 Å². The zero-order valence-corrected chi connectivity index (χ0v) is 21.3. The van der Waals surface area contributed by atoms with Crippen LogP contribution >= 0.6 is 39.1 Å². The highest BCUT2D eigenvalue weighted by Gasteiger charge is 2.15. The molecule has 0 radical (unpaired) electrons. The van der Waals surface area contributed by atoms with Gasteiger partial charge in [-0.2, -0.15) is 9.78 Å². The lowest BCUT2D eigenvalue weighted by atomic mass is 10.2. The maximum Gasteiger partial charge on any atom is 0.282 e. The monoisotopic (exact) mass is 561 g/mol. The van der Waals surface area contributed by atoms with E-state index in [0.29, 0.717) is 27.9 Å². The maximum atomic E-state index is 13.9. The molecule has 4 rings (SSSR count).